The molecule has 0 aliphatic heterocycles. The SMILES string of the molecule is CCOC(OCC)(OCC)C(C)COc1c(F)c(F)c(F)c(F)c1F. The van der Waals surface area contributed by atoms with Gasteiger partial charge in [0.1, 0.15) is 0 Å². The van der Waals surface area contributed by atoms with Crippen molar-refractivity contribution in [2.24, 2.45) is 5.92 Å². The molecule has 0 saturated carbocycles. The van der Waals surface area contributed by atoms with Gasteiger partial charge in [-0.3, -0.25) is 0 Å². The van der Waals surface area contributed by atoms with Crippen LogP contribution >= 0.6 is 0 Å². The van der Waals surface area contributed by atoms with E-state index in [0.717, 1.165) is 0 Å². The summed E-state index contributed by atoms with van der Waals surface area (Å²) in [6.45, 7) is 6.72. The van der Waals surface area contributed by atoms with Crippen LogP contribution in [0.2, 0.25) is 0 Å². The van der Waals surface area contributed by atoms with Crippen molar-refractivity contribution in [1.82, 2.24) is 0 Å². The smallest absolute Gasteiger partial charge is 0.288 e. The monoisotopic (exact) mass is 372 g/mol. The van der Waals surface area contributed by atoms with Crippen LogP contribution in [0.5, 0.6) is 5.75 Å². The Labute approximate surface area is 142 Å². The molecule has 0 spiro atoms. The van der Waals surface area contributed by atoms with Gasteiger partial charge in [0.25, 0.3) is 5.97 Å². The lowest BCUT2D eigenvalue weighted by atomic mass is 10.1. The van der Waals surface area contributed by atoms with Crippen LogP contribution in [0.15, 0.2) is 0 Å². The fourth-order valence-electron chi connectivity index (χ4n) is 2.18. The molecule has 1 unspecified atom stereocenters. The highest BCUT2D eigenvalue weighted by Crippen LogP contribution is 2.31. The van der Waals surface area contributed by atoms with Crippen LogP contribution in [-0.2, 0) is 14.2 Å². The van der Waals surface area contributed by atoms with Crippen LogP contribution in [0.25, 0.3) is 0 Å². The maximum atomic E-state index is 13.7. The fourth-order valence-corrected chi connectivity index (χ4v) is 2.18. The third-order valence-electron chi connectivity index (χ3n) is 3.29. The Kier molecular flexibility index (Phi) is 8.04. The van der Waals surface area contributed by atoms with Crippen molar-refractivity contribution in [3.63, 3.8) is 0 Å². The standard InChI is InChI=1S/C16H21F5O4/c1-5-23-16(24-6-2,25-7-3)9(4)8-22-15-13(20)11(18)10(17)12(19)14(15)21/h9H,5-8H2,1-4H3. The van der Waals surface area contributed by atoms with E-state index in [2.05, 4.69) is 0 Å². The van der Waals surface area contributed by atoms with Crippen LogP contribution in [0, 0.1) is 35.0 Å². The number of rotatable bonds is 10. The summed E-state index contributed by atoms with van der Waals surface area (Å²) in [4.78, 5) is 0. The molecule has 0 N–H and O–H groups in total. The third kappa shape index (κ3) is 4.59. The van der Waals surface area contributed by atoms with Crippen LogP contribution in [0.3, 0.4) is 0 Å². The van der Waals surface area contributed by atoms with Gasteiger partial charge in [0.05, 0.1) is 12.5 Å². The second-order valence-corrected chi connectivity index (χ2v) is 5.01. The molecule has 0 fully saturated rings. The van der Waals surface area contributed by atoms with Crippen LogP contribution in [0.4, 0.5) is 22.0 Å². The van der Waals surface area contributed by atoms with Gasteiger partial charge in [0, 0.05) is 19.8 Å². The lowest BCUT2D eigenvalue weighted by Crippen LogP contribution is -2.47. The van der Waals surface area contributed by atoms with E-state index in [0.29, 0.717) is 0 Å². The highest BCUT2D eigenvalue weighted by atomic mass is 19.2. The van der Waals surface area contributed by atoms with Gasteiger partial charge in [0.15, 0.2) is 5.75 Å². The van der Waals surface area contributed by atoms with Crippen molar-refractivity contribution in [1.29, 1.82) is 0 Å². The highest BCUT2D eigenvalue weighted by molar-refractivity contribution is 5.29. The van der Waals surface area contributed by atoms with Gasteiger partial charge >= 0.3 is 0 Å². The molecule has 25 heavy (non-hydrogen) atoms. The Morgan fingerprint density at radius 3 is 1.44 bits per heavy atom. The minimum atomic E-state index is -2.25. The van der Waals surface area contributed by atoms with E-state index in [-0.39, 0.29) is 19.8 Å². The van der Waals surface area contributed by atoms with E-state index < -0.39 is 53.3 Å². The van der Waals surface area contributed by atoms with Gasteiger partial charge in [-0.2, -0.15) is 8.78 Å². The molecule has 0 aliphatic rings. The molecule has 0 amide bonds. The van der Waals surface area contributed by atoms with E-state index in [9.17, 15) is 22.0 Å². The molecule has 1 rings (SSSR count). The molecule has 144 valence electrons. The van der Waals surface area contributed by atoms with Crippen molar-refractivity contribution in [2.75, 3.05) is 26.4 Å². The number of halogens is 5. The van der Waals surface area contributed by atoms with Crippen LogP contribution < -0.4 is 4.74 Å². The van der Waals surface area contributed by atoms with Gasteiger partial charge in [-0.25, -0.2) is 13.2 Å². The highest BCUT2D eigenvalue weighted by Gasteiger charge is 2.40. The molecule has 9 heteroatoms. The first kappa shape index (κ1) is 21.6. The van der Waals surface area contributed by atoms with Gasteiger partial charge in [-0.15, -0.1) is 0 Å². The Balaban J connectivity index is 3.06. The number of hydrogen-bond acceptors (Lipinski definition) is 4. The summed E-state index contributed by atoms with van der Waals surface area (Å²) in [5, 5.41) is 0. The number of ether oxygens (including phenoxy) is 4. The normalized spacial score (nSPS) is 13.2. The Morgan fingerprint density at radius 2 is 1.08 bits per heavy atom. The lowest BCUT2D eigenvalue weighted by Gasteiger charge is -2.37. The fraction of sp³-hybridized carbons (Fsp3) is 0.625. The second kappa shape index (κ2) is 9.30. The first-order chi connectivity index (χ1) is 11.8. The summed E-state index contributed by atoms with van der Waals surface area (Å²) < 4.78 is 88.0. The molecule has 0 saturated heterocycles. The number of benzene rings is 1. The quantitative estimate of drug-likeness (QED) is 0.268. The average Bonchev–Trinajstić information content (AvgIpc) is 2.58. The molecular weight excluding hydrogens is 351 g/mol. The summed E-state index contributed by atoms with van der Waals surface area (Å²) in [5.74, 6) is -14.2. The second-order valence-electron chi connectivity index (χ2n) is 5.01. The minimum Gasteiger partial charge on any atom is -0.487 e. The minimum absolute atomic E-state index is 0.201. The molecule has 0 radical (unpaired) electrons. The Morgan fingerprint density at radius 1 is 0.720 bits per heavy atom. The first-order valence-electron chi connectivity index (χ1n) is 7.81. The lowest BCUT2D eigenvalue weighted by molar-refractivity contribution is -0.401. The molecule has 0 aromatic heterocycles. The number of hydrogen-bond donors (Lipinski definition) is 0. The third-order valence-corrected chi connectivity index (χ3v) is 3.29. The van der Waals surface area contributed by atoms with Gasteiger partial charge in [0.2, 0.25) is 29.1 Å². The predicted octanol–water partition coefficient (Wildman–Crippen LogP) is 4.16. The molecule has 0 heterocycles. The zero-order valence-corrected chi connectivity index (χ0v) is 14.4. The van der Waals surface area contributed by atoms with Gasteiger partial charge in [-0.05, 0) is 20.8 Å². The summed E-state index contributed by atoms with van der Waals surface area (Å²) in [6.07, 6.45) is 0. The van der Waals surface area contributed by atoms with Gasteiger partial charge in [-0.1, -0.05) is 6.92 Å². The molecule has 1 atom stereocenters. The van der Waals surface area contributed by atoms with Crippen molar-refractivity contribution >= 4 is 0 Å². The van der Waals surface area contributed by atoms with Crippen LogP contribution in [0.1, 0.15) is 27.7 Å². The Bertz CT molecular complexity index is 536. The van der Waals surface area contributed by atoms with Gasteiger partial charge < -0.3 is 18.9 Å². The van der Waals surface area contributed by atoms with Crippen molar-refractivity contribution in [3.05, 3.63) is 29.1 Å². The zero-order chi connectivity index (χ0) is 19.2. The molecular formula is C16H21F5O4. The molecule has 1 aromatic carbocycles. The summed E-state index contributed by atoms with van der Waals surface area (Å²) in [7, 11) is 0. The Hall–Kier alpha value is -1.45. The zero-order valence-electron chi connectivity index (χ0n) is 14.4. The molecule has 0 aliphatic carbocycles. The van der Waals surface area contributed by atoms with E-state index in [4.69, 9.17) is 18.9 Å². The maximum absolute atomic E-state index is 13.7. The molecule has 4 nitrogen and oxygen atoms in total. The summed E-state index contributed by atoms with van der Waals surface area (Å²) in [6, 6.07) is 0. The van der Waals surface area contributed by atoms with Crippen molar-refractivity contribution < 1.29 is 40.9 Å². The van der Waals surface area contributed by atoms with E-state index in [1.54, 1.807) is 20.8 Å². The van der Waals surface area contributed by atoms with E-state index >= 15 is 0 Å². The van der Waals surface area contributed by atoms with Crippen molar-refractivity contribution in [3.8, 4) is 5.75 Å². The first-order valence-corrected chi connectivity index (χ1v) is 7.81. The maximum Gasteiger partial charge on any atom is 0.288 e. The van der Waals surface area contributed by atoms with Crippen molar-refractivity contribution in [2.45, 2.75) is 33.7 Å². The van der Waals surface area contributed by atoms with E-state index in [1.165, 1.54) is 6.92 Å². The average molecular weight is 372 g/mol. The topological polar surface area (TPSA) is 36.9 Å². The predicted molar refractivity (Wildman–Crippen MR) is 78.5 cm³/mol. The molecule has 0 bridgehead atoms. The van der Waals surface area contributed by atoms with E-state index in [1.807, 2.05) is 0 Å². The molecule has 1 aromatic rings. The van der Waals surface area contributed by atoms with Crippen LogP contribution in [-0.4, -0.2) is 32.4 Å². The summed E-state index contributed by atoms with van der Waals surface area (Å²) >= 11 is 0. The largest absolute Gasteiger partial charge is 0.487 e. The summed E-state index contributed by atoms with van der Waals surface area (Å²) in [5.41, 5.74) is 0.